The summed E-state index contributed by atoms with van der Waals surface area (Å²) < 4.78 is 10.9. The number of hydrogen-bond donors (Lipinski definition) is 1. The SMILES string of the molecule is Cc1ccc(OCC(=O)NCCN2CCN(C(=O)OC(C)(C)C)CC2)cc1. The van der Waals surface area contributed by atoms with E-state index in [1.54, 1.807) is 4.90 Å². The Bertz CT molecular complexity index is 617. The second-order valence-electron chi connectivity index (χ2n) is 7.76. The second kappa shape index (κ2) is 9.60. The van der Waals surface area contributed by atoms with E-state index in [9.17, 15) is 9.59 Å². The Kier molecular flexibility index (Phi) is 7.47. The number of benzene rings is 1. The zero-order chi connectivity index (χ0) is 19.9. The van der Waals surface area contributed by atoms with Crippen LogP contribution in [0.15, 0.2) is 24.3 Å². The Morgan fingerprint density at radius 2 is 1.70 bits per heavy atom. The maximum absolute atomic E-state index is 12.0. The Hall–Kier alpha value is -2.28. The van der Waals surface area contributed by atoms with Crippen LogP contribution in [0.25, 0.3) is 0 Å². The van der Waals surface area contributed by atoms with Gasteiger partial charge in [0.1, 0.15) is 11.4 Å². The van der Waals surface area contributed by atoms with Gasteiger partial charge in [0.05, 0.1) is 0 Å². The molecule has 1 aliphatic heterocycles. The lowest BCUT2D eigenvalue weighted by Gasteiger charge is -2.35. The predicted octanol–water partition coefficient (Wildman–Crippen LogP) is 2.04. The summed E-state index contributed by atoms with van der Waals surface area (Å²) in [5.41, 5.74) is 0.678. The first-order valence-electron chi connectivity index (χ1n) is 9.39. The van der Waals surface area contributed by atoms with Crippen molar-refractivity contribution in [3.63, 3.8) is 0 Å². The molecule has 1 heterocycles. The number of ether oxygens (including phenoxy) is 2. The summed E-state index contributed by atoms with van der Waals surface area (Å²) in [6.45, 7) is 11.7. The summed E-state index contributed by atoms with van der Waals surface area (Å²) in [5, 5.41) is 2.87. The van der Waals surface area contributed by atoms with Gasteiger partial charge in [-0.2, -0.15) is 0 Å². The highest BCUT2D eigenvalue weighted by molar-refractivity contribution is 5.77. The Morgan fingerprint density at radius 1 is 1.07 bits per heavy atom. The van der Waals surface area contributed by atoms with Gasteiger partial charge in [0.15, 0.2) is 6.61 Å². The van der Waals surface area contributed by atoms with Crippen LogP contribution in [0.1, 0.15) is 26.3 Å². The minimum absolute atomic E-state index is 0.00941. The molecule has 0 atom stereocenters. The molecule has 0 unspecified atom stereocenters. The van der Waals surface area contributed by atoms with Crippen LogP contribution in [0.2, 0.25) is 0 Å². The van der Waals surface area contributed by atoms with Gasteiger partial charge in [0.25, 0.3) is 5.91 Å². The minimum Gasteiger partial charge on any atom is -0.484 e. The molecule has 0 aromatic heterocycles. The zero-order valence-electron chi connectivity index (χ0n) is 16.8. The van der Waals surface area contributed by atoms with E-state index >= 15 is 0 Å². The first kappa shape index (κ1) is 21.0. The number of nitrogens with zero attached hydrogens (tertiary/aromatic N) is 2. The van der Waals surface area contributed by atoms with E-state index in [2.05, 4.69) is 10.2 Å². The van der Waals surface area contributed by atoms with Crippen LogP contribution in [0.5, 0.6) is 5.75 Å². The highest BCUT2D eigenvalue weighted by Crippen LogP contribution is 2.12. The quantitative estimate of drug-likeness (QED) is 0.822. The Labute approximate surface area is 161 Å². The highest BCUT2D eigenvalue weighted by Gasteiger charge is 2.25. The van der Waals surface area contributed by atoms with Gasteiger partial charge in [-0.05, 0) is 39.8 Å². The molecule has 0 spiro atoms. The summed E-state index contributed by atoms with van der Waals surface area (Å²) in [6.07, 6.45) is -0.260. The molecule has 150 valence electrons. The molecule has 1 fully saturated rings. The van der Waals surface area contributed by atoms with Crippen molar-refractivity contribution in [2.45, 2.75) is 33.3 Å². The van der Waals surface area contributed by atoms with Gasteiger partial charge in [-0.25, -0.2) is 4.79 Å². The lowest BCUT2D eigenvalue weighted by molar-refractivity contribution is -0.123. The van der Waals surface area contributed by atoms with Crippen LogP contribution in [0.3, 0.4) is 0 Å². The molecule has 2 rings (SSSR count). The number of nitrogens with one attached hydrogen (secondary N) is 1. The van der Waals surface area contributed by atoms with Gasteiger partial charge in [-0.15, -0.1) is 0 Å². The molecule has 1 N–H and O–H groups in total. The van der Waals surface area contributed by atoms with Gasteiger partial charge in [-0.3, -0.25) is 9.69 Å². The number of hydrogen-bond acceptors (Lipinski definition) is 5. The molecular formula is C20H31N3O4. The minimum atomic E-state index is -0.473. The third kappa shape index (κ3) is 7.86. The number of piperazine rings is 1. The number of carbonyl (C=O) groups is 2. The van der Waals surface area contributed by atoms with Gasteiger partial charge in [0, 0.05) is 39.3 Å². The van der Waals surface area contributed by atoms with Gasteiger partial charge in [0.2, 0.25) is 0 Å². The molecule has 27 heavy (non-hydrogen) atoms. The monoisotopic (exact) mass is 377 g/mol. The van der Waals surface area contributed by atoms with Crippen molar-refractivity contribution in [1.82, 2.24) is 15.1 Å². The maximum atomic E-state index is 12.0. The molecule has 7 heteroatoms. The van der Waals surface area contributed by atoms with Crippen molar-refractivity contribution in [2.75, 3.05) is 45.9 Å². The first-order valence-corrected chi connectivity index (χ1v) is 9.39. The number of carbonyl (C=O) groups excluding carboxylic acids is 2. The largest absolute Gasteiger partial charge is 0.484 e. The topological polar surface area (TPSA) is 71.1 Å². The van der Waals surface area contributed by atoms with Crippen molar-refractivity contribution in [2.24, 2.45) is 0 Å². The molecule has 0 radical (unpaired) electrons. The molecule has 1 aromatic carbocycles. The van der Waals surface area contributed by atoms with Crippen LogP contribution >= 0.6 is 0 Å². The molecule has 1 aromatic rings. The van der Waals surface area contributed by atoms with Crippen molar-refractivity contribution in [3.8, 4) is 5.75 Å². The van der Waals surface area contributed by atoms with E-state index in [0.29, 0.717) is 25.4 Å². The van der Waals surface area contributed by atoms with Gasteiger partial charge in [-0.1, -0.05) is 17.7 Å². The van der Waals surface area contributed by atoms with Crippen molar-refractivity contribution in [3.05, 3.63) is 29.8 Å². The van der Waals surface area contributed by atoms with Crippen molar-refractivity contribution >= 4 is 12.0 Å². The van der Waals surface area contributed by atoms with E-state index in [0.717, 1.165) is 25.2 Å². The first-order chi connectivity index (χ1) is 12.7. The van der Waals surface area contributed by atoms with E-state index in [1.807, 2.05) is 52.0 Å². The molecule has 0 saturated carbocycles. The van der Waals surface area contributed by atoms with E-state index in [-0.39, 0.29) is 18.6 Å². The molecule has 1 aliphatic rings. The fourth-order valence-corrected chi connectivity index (χ4v) is 2.67. The molecule has 7 nitrogen and oxygen atoms in total. The zero-order valence-corrected chi connectivity index (χ0v) is 16.8. The Morgan fingerprint density at radius 3 is 2.30 bits per heavy atom. The average molecular weight is 377 g/mol. The summed E-state index contributed by atoms with van der Waals surface area (Å²) in [4.78, 5) is 27.9. The fourth-order valence-electron chi connectivity index (χ4n) is 2.67. The predicted molar refractivity (Wildman–Crippen MR) is 104 cm³/mol. The Balaban J connectivity index is 1.59. The smallest absolute Gasteiger partial charge is 0.410 e. The van der Waals surface area contributed by atoms with Crippen LogP contribution in [-0.2, 0) is 9.53 Å². The highest BCUT2D eigenvalue weighted by atomic mass is 16.6. The number of rotatable bonds is 6. The van der Waals surface area contributed by atoms with Gasteiger partial charge >= 0.3 is 6.09 Å². The van der Waals surface area contributed by atoms with E-state index < -0.39 is 5.60 Å². The molecule has 0 bridgehead atoms. The lowest BCUT2D eigenvalue weighted by atomic mass is 10.2. The van der Waals surface area contributed by atoms with Crippen LogP contribution in [0, 0.1) is 6.92 Å². The number of amides is 2. The summed E-state index contributed by atoms with van der Waals surface area (Å²) in [7, 11) is 0. The molecule has 1 saturated heterocycles. The molecular weight excluding hydrogens is 346 g/mol. The lowest BCUT2D eigenvalue weighted by Crippen LogP contribution is -2.51. The summed E-state index contributed by atoms with van der Waals surface area (Å²) in [5.74, 6) is 0.553. The molecule has 2 amide bonds. The third-order valence-electron chi connectivity index (χ3n) is 4.17. The molecule has 0 aliphatic carbocycles. The summed E-state index contributed by atoms with van der Waals surface area (Å²) in [6, 6.07) is 7.61. The van der Waals surface area contributed by atoms with E-state index in [4.69, 9.17) is 9.47 Å². The van der Waals surface area contributed by atoms with E-state index in [1.165, 1.54) is 0 Å². The van der Waals surface area contributed by atoms with Crippen LogP contribution in [-0.4, -0.2) is 73.3 Å². The summed E-state index contributed by atoms with van der Waals surface area (Å²) >= 11 is 0. The number of aryl methyl sites for hydroxylation is 1. The van der Waals surface area contributed by atoms with Crippen molar-refractivity contribution < 1.29 is 19.1 Å². The van der Waals surface area contributed by atoms with Crippen molar-refractivity contribution in [1.29, 1.82) is 0 Å². The standard InChI is InChI=1S/C20H31N3O4/c1-16-5-7-17(8-6-16)26-15-18(24)21-9-10-22-11-13-23(14-12-22)19(25)27-20(2,3)4/h5-8H,9-15H2,1-4H3,(H,21,24). The normalized spacial score (nSPS) is 15.3. The van der Waals surface area contributed by atoms with Crippen LogP contribution in [0.4, 0.5) is 4.79 Å². The second-order valence-corrected chi connectivity index (χ2v) is 7.76. The average Bonchev–Trinajstić information content (AvgIpc) is 2.60. The van der Waals surface area contributed by atoms with Crippen LogP contribution < -0.4 is 10.1 Å². The maximum Gasteiger partial charge on any atom is 0.410 e. The fraction of sp³-hybridized carbons (Fsp3) is 0.600. The van der Waals surface area contributed by atoms with Gasteiger partial charge < -0.3 is 19.7 Å². The third-order valence-corrected chi connectivity index (χ3v) is 4.17.